The first kappa shape index (κ1) is 22.0. The van der Waals surface area contributed by atoms with Crippen LogP contribution in [0.25, 0.3) is 0 Å². The highest BCUT2D eigenvalue weighted by Crippen LogP contribution is 2.13. The first-order chi connectivity index (χ1) is 11.2. The van der Waals surface area contributed by atoms with E-state index < -0.39 is 0 Å². The lowest BCUT2D eigenvalue weighted by Crippen LogP contribution is -2.52. The molecule has 3 rings (SSSR count). The molecule has 3 heterocycles. The largest absolute Gasteiger partial charge is 0.353 e. The van der Waals surface area contributed by atoms with Crippen LogP contribution in [0, 0.1) is 0 Å². The van der Waals surface area contributed by atoms with Crippen LogP contribution in [0.1, 0.15) is 13.3 Å². The summed E-state index contributed by atoms with van der Waals surface area (Å²) in [6.45, 7) is 9.53. The molecule has 0 bridgehead atoms. The summed E-state index contributed by atoms with van der Waals surface area (Å²) in [4.78, 5) is 23.5. The maximum absolute atomic E-state index is 12.4. The van der Waals surface area contributed by atoms with Gasteiger partial charge in [0.15, 0.2) is 0 Å². The second-order valence-corrected chi connectivity index (χ2v) is 6.39. The normalized spacial score (nSPS) is 21.2. The summed E-state index contributed by atoms with van der Waals surface area (Å²) in [6.07, 6.45) is 2.45. The predicted molar refractivity (Wildman–Crippen MR) is 106 cm³/mol. The molecule has 25 heavy (non-hydrogen) atoms. The van der Waals surface area contributed by atoms with Gasteiger partial charge in [-0.05, 0) is 19.1 Å². The molecule has 0 saturated carbocycles. The Morgan fingerprint density at radius 3 is 2.60 bits per heavy atom. The topological polar surface area (TPSA) is 51.7 Å². The molecule has 2 saturated heterocycles. The number of hydrogen-bond acceptors (Lipinski definition) is 5. The molecular formula is C17H29Cl2N5O. The fourth-order valence-corrected chi connectivity index (χ4v) is 3.34. The van der Waals surface area contributed by atoms with E-state index in [1.54, 1.807) is 0 Å². The SMILES string of the molecule is C[C@@H]1CNCCN1CCC(=O)N1CCN(c2ccccn2)CC1.Cl.Cl. The number of amides is 1. The monoisotopic (exact) mass is 389 g/mol. The van der Waals surface area contributed by atoms with Crippen LogP contribution in [-0.2, 0) is 4.79 Å². The minimum atomic E-state index is 0. The minimum Gasteiger partial charge on any atom is -0.353 e. The Kier molecular flexibility index (Phi) is 9.50. The van der Waals surface area contributed by atoms with E-state index in [0.29, 0.717) is 12.5 Å². The van der Waals surface area contributed by atoms with Crippen molar-refractivity contribution in [2.24, 2.45) is 0 Å². The number of halogens is 2. The number of hydrogen-bond donors (Lipinski definition) is 1. The molecule has 0 aliphatic carbocycles. The summed E-state index contributed by atoms with van der Waals surface area (Å²) >= 11 is 0. The summed E-state index contributed by atoms with van der Waals surface area (Å²) in [7, 11) is 0. The van der Waals surface area contributed by atoms with Crippen LogP contribution in [0.5, 0.6) is 0 Å². The van der Waals surface area contributed by atoms with Gasteiger partial charge in [0.05, 0.1) is 0 Å². The van der Waals surface area contributed by atoms with E-state index in [-0.39, 0.29) is 30.7 Å². The Bertz CT molecular complexity index is 511. The van der Waals surface area contributed by atoms with E-state index >= 15 is 0 Å². The highest BCUT2D eigenvalue weighted by Gasteiger charge is 2.23. The Hall–Kier alpha value is -1.08. The maximum Gasteiger partial charge on any atom is 0.223 e. The predicted octanol–water partition coefficient (Wildman–Crippen LogP) is 1.26. The number of anilines is 1. The number of nitrogens with one attached hydrogen (secondary N) is 1. The molecule has 1 aromatic rings. The third-order valence-corrected chi connectivity index (χ3v) is 4.86. The number of piperazine rings is 2. The van der Waals surface area contributed by atoms with E-state index in [2.05, 4.69) is 27.0 Å². The molecule has 2 fully saturated rings. The van der Waals surface area contributed by atoms with Crippen LogP contribution in [0.2, 0.25) is 0 Å². The quantitative estimate of drug-likeness (QED) is 0.839. The van der Waals surface area contributed by atoms with Gasteiger partial charge in [0, 0.05) is 71.0 Å². The van der Waals surface area contributed by atoms with Crippen LogP contribution in [0.3, 0.4) is 0 Å². The highest BCUT2D eigenvalue weighted by molar-refractivity contribution is 5.85. The van der Waals surface area contributed by atoms with Crippen molar-refractivity contribution >= 4 is 36.5 Å². The number of aromatic nitrogens is 1. The van der Waals surface area contributed by atoms with Crippen molar-refractivity contribution in [3.8, 4) is 0 Å². The summed E-state index contributed by atoms with van der Waals surface area (Å²) in [5.74, 6) is 1.30. The van der Waals surface area contributed by atoms with Crippen LogP contribution in [-0.4, -0.2) is 79.1 Å². The summed E-state index contributed by atoms with van der Waals surface area (Å²) in [6, 6.07) is 6.50. The molecule has 1 amide bonds. The molecule has 1 atom stereocenters. The van der Waals surface area contributed by atoms with Crippen LogP contribution < -0.4 is 10.2 Å². The third kappa shape index (κ3) is 5.99. The number of pyridine rings is 1. The minimum absolute atomic E-state index is 0. The molecule has 1 aromatic heterocycles. The van der Waals surface area contributed by atoms with Crippen LogP contribution in [0.15, 0.2) is 24.4 Å². The van der Waals surface area contributed by atoms with E-state index in [1.807, 2.05) is 29.3 Å². The zero-order valence-corrected chi connectivity index (χ0v) is 16.4. The van der Waals surface area contributed by atoms with Crippen molar-refractivity contribution in [3.05, 3.63) is 24.4 Å². The highest BCUT2D eigenvalue weighted by atomic mass is 35.5. The Morgan fingerprint density at radius 2 is 1.96 bits per heavy atom. The first-order valence-corrected chi connectivity index (χ1v) is 8.62. The fourth-order valence-electron chi connectivity index (χ4n) is 3.34. The fraction of sp³-hybridized carbons (Fsp3) is 0.647. The molecule has 142 valence electrons. The van der Waals surface area contributed by atoms with Gasteiger partial charge >= 0.3 is 0 Å². The van der Waals surface area contributed by atoms with Gasteiger partial charge < -0.3 is 15.1 Å². The zero-order chi connectivity index (χ0) is 16.1. The lowest BCUT2D eigenvalue weighted by atomic mass is 10.2. The van der Waals surface area contributed by atoms with Gasteiger partial charge in [0.1, 0.15) is 5.82 Å². The number of carbonyl (C=O) groups is 1. The van der Waals surface area contributed by atoms with E-state index in [1.165, 1.54) is 0 Å². The Morgan fingerprint density at radius 1 is 1.20 bits per heavy atom. The van der Waals surface area contributed by atoms with Crippen molar-refractivity contribution in [2.45, 2.75) is 19.4 Å². The van der Waals surface area contributed by atoms with Crippen molar-refractivity contribution in [1.82, 2.24) is 20.1 Å². The molecule has 0 unspecified atom stereocenters. The van der Waals surface area contributed by atoms with Gasteiger partial charge in [-0.2, -0.15) is 0 Å². The van der Waals surface area contributed by atoms with Gasteiger partial charge in [0.2, 0.25) is 5.91 Å². The zero-order valence-electron chi connectivity index (χ0n) is 14.8. The number of nitrogens with zero attached hydrogens (tertiary/aromatic N) is 4. The molecule has 0 spiro atoms. The standard InChI is InChI=1S/C17H27N5O.2ClH/c1-15-14-18-7-9-20(15)8-5-17(23)22-12-10-21(11-13-22)16-4-2-3-6-19-16;;/h2-4,6,15,18H,5,7-14H2,1H3;2*1H/t15-;;/m1../s1. The third-order valence-electron chi connectivity index (χ3n) is 4.86. The average Bonchev–Trinajstić information content (AvgIpc) is 2.62. The lowest BCUT2D eigenvalue weighted by Gasteiger charge is -2.37. The second kappa shape index (κ2) is 10.8. The summed E-state index contributed by atoms with van der Waals surface area (Å²) in [5.41, 5.74) is 0. The number of rotatable bonds is 4. The molecule has 1 N–H and O–H groups in total. The van der Waals surface area contributed by atoms with E-state index in [0.717, 1.165) is 58.2 Å². The molecule has 8 heteroatoms. The van der Waals surface area contributed by atoms with E-state index in [4.69, 9.17) is 0 Å². The first-order valence-electron chi connectivity index (χ1n) is 8.62. The van der Waals surface area contributed by atoms with Crippen molar-refractivity contribution in [2.75, 3.05) is 57.3 Å². The van der Waals surface area contributed by atoms with Gasteiger partial charge in [-0.15, -0.1) is 24.8 Å². The van der Waals surface area contributed by atoms with Gasteiger partial charge in [-0.1, -0.05) is 6.07 Å². The second-order valence-electron chi connectivity index (χ2n) is 6.39. The molecular weight excluding hydrogens is 361 g/mol. The van der Waals surface area contributed by atoms with Crippen LogP contribution in [0.4, 0.5) is 5.82 Å². The summed E-state index contributed by atoms with van der Waals surface area (Å²) < 4.78 is 0. The van der Waals surface area contributed by atoms with Gasteiger partial charge in [-0.3, -0.25) is 9.69 Å². The number of carbonyl (C=O) groups excluding carboxylic acids is 1. The molecule has 0 radical (unpaired) electrons. The molecule has 2 aliphatic rings. The van der Waals surface area contributed by atoms with Crippen molar-refractivity contribution < 1.29 is 4.79 Å². The van der Waals surface area contributed by atoms with Crippen LogP contribution >= 0.6 is 24.8 Å². The molecule has 2 aliphatic heterocycles. The lowest BCUT2D eigenvalue weighted by molar-refractivity contribution is -0.132. The molecule has 0 aromatic carbocycles. The van der Waals surface area contributed by atoms with Crippen molar-refractivity contribution in [3.63, 3.8) is 0 Å². The Labute approximate surface area is 162 Å². The van der Waals surface area contributed by atoms with Crippen molar-refractivity contribution in [1.29, 1.82) is 0 Å². The Balaban J connectivity index is 0.00000156. The maximum atomic E-state index is 12.4. The van der Waals surface area contributed by atoms with Gasteiger partial charge in [0.25, 0.3) is 0 Å². The average molecular weight is 390 g/mol. The molecule has 6 nitrogen and oxygen atoms in total. The van der Waals surface area contributed by atoms with E-state index in [9.17, 15) is 4.79 Å². The summed E-state index contributed by atoms with van der Waals surface area (Å²) in [5, 5.41) is 3.39. The van der Waals surface area contributed by atoms with Gasteiger partial charge in [-0.25, -0.2) is 4.98 Å². The smallest absolute Gasteiger partial charge is 0.223 e.